The summed E-state index contributed by atoms with van der Waals surface area (Å²) in [5.74, 6) is 0.226. The van der Waals surface area contributed by atoms with Gasteiger partial charge in [0.1, 0.15) is 5.15 Å². The van der Waals surface area contributed by atoms with Gasteiger partial charge in [-0.25, -0.2) is 9.97 Å². The molecule has 0 amide bonds. The molecule has 0 aliphatic carbocycles. The van der Waals surface area contributed by atoms with Crippen LogP contribution >= 0.6 is 34.5 Å². The Kier molecular flexibility index (Phi) is 4.42. The fourth-order valence-corrected chi connectivity index (χ4v) is 3.04. The summed E-state index contributed by atoms with van der Waals surface area (Å²) in [5, 5.41) is 11.4. The van der Waals surface area contributed by atoms with Gasteiger partial charge in [0.05, 0.1) is 11.5 Å². The monoisotopic (exact) mass is 332 g/mol. The molecule has 106 valence electrons. The first-order chi connectivity index (χ1) is 9.38. The molecule has 0 N–H and O–H groups in total. The molecule has 0 atom stereocenters. The van der Waals surface area contributed by atoms with E-state index in [0.717, 1.165) is 4.88 Å². The Morgan fingerprint density at radius 1 is 1.50 bits per heavy atom. The molecule has 0 aliphatic heterocycles. The summed E-state index contributed by atoms with van der Waals surface area (Å²) < 4.78 is 0.429. The van der Waals surface area contributed by atoms with Crippen molar-refractivity contribution >= 4 is 46.0 Å². The van der Waals surface area contributed by atoms with Crippen LogP contribution < -0.4 is 4.90 Å². The number of nitrogens with zero attached hydrogens (tertiary/aromatic N) is 4. The fraction of sp³-hybridized carbons (Fsp3) is 0.273. The van der Waals surface area contributed by atoms with E-state index in [1.54, 1.807) is 25.1 Å². The highest BCUT2D eigenvalue weighted by Crippen LogP contribution is 2.32. The molecule has 0 unspecified atom stereocenters. The lowest BCUT2D eigenvalue weighted by molar-refractivity contribution is -0.384. The fourth-order valence-electron chi connectivity index (χ4n) is 1.77. The van der Waals surface area contributed by atoms with Crippen LogP contribution in [0.5, 0.6) is 0 Å². The van der Waals surface area contributed by atoms with Gasteiger partial charge in [-0.3, -0.25) is 10.1 Å². The van der Waals surface area contributed by atoms with Crippen molar-refractivity contribution in [3.8, 4) is 0 Å². The van der Waals surface area contributed by atoms with Gasteiger partial charge in [0.25, 0.3) is 0 Å². The lowest BCUT2D eigenvalue weighted by atomic mass is 10.2. The maximum absolute atomic E-state index is 11.2. The van der Waals surface area contributed by atoms with Gasteiger partial charge < -0.3 is 4.90 Å². The van der Waals surface area contributed by atoms with Crippen LogP contribution in [0.2, 0.25) is 9.62 Å². The van der Waals surface area contributed by atoms with Crippen molar-refractivity contribution in [1.29, 1.82) is 0 Å². The SMILES string of the molecule is Cc1cc(Cl)nc(N(C)Cc2cnc(Cl)s2)c1[N+](=O)[O-]. The molecule has 20 heavy (non-hydrogen) atoms. The van der Waals surface area contributed by atoms with Gasteiger partial charge in [0.2, 0.25) is 5.82 Å². The van der Waals surface area contributed by atoms with Gasteiger partial charge in [-0.1, -0.05) is 23.2 Å². The van der Waals surface area contributed by atoms with Crippen LogP contribution in [0.25, 0.3) is 0 Å². The van der Waals surface area contributed by atoms with Gasteiger partial charge in [-0.15, -0.1) is 11.3 Å². The minimum absolute atomic E-state index is 0.0486. The molecule has 0 saturated heterocycles. The van der Waals surface area contributed by atoms with Crippen LogP contribution in [0.15, 0.2) is 12.3 Å². The van der Waals surface area contributed by atoms with Crippen LogP contribution in [0.4, 0.5) is 11.5 Å². The Balaban J connectivity index is 2.38. The number of pyridine rings is 1. The van der Waals surface area contributed by atoms with Crippen LogP contribution in [0.1, 0.15) is 10.4 Å². The summed E-state index contributed by atoms with van der Waals surface area (Å²) in [6.45, 7) is 2.05. The highest BCUT2D eigenvalue weighted by molar-refractivity contribution is 7.15. The number of anilines is 1. The molecule has 9 heteroatoms. The summed E-state index contributed by atoms with van der Waals surface area (Å²) in [7, 11) is 1.71. The number of hydrogen-bond donors (Lipinski definition) is 0. The molecule has 2 aromatic rings. The van der Waals surface area contributed by atoms with Crippen molar-refractivity contribution < 1.29 is 4.92 Å². The average Bonchev–Trinajstić information content (AvgIpc) is 2.72. The number of hydrogen-bond acceptors (Lipinski definition) is 6. The highest BCUT2D eigenvalue weighted by atomic mass is 35.5. The smallest absolute Gasteiger partial charge is 0.314 e. The number of nitro groups is 1. The Morgan fingerprint density at radius 2 is 2.20 bits per heavy atom. The molecule has 0 fully saturated rings. The van der Waals surface area contributed by atoms with Crippen molar-refractivity contribution in [2.24, 2.45) is 0 Å². The Morgan fingerprint density at radius 3 is 2.75 bits per heavy atom. The Bertz CT molecular complexity index is 662. The van der Waals surface area contributed by atoms with E-state index in [1.165, 1.54) is 17.4 Å². The van der Waals surface area contributed by atoms with Crippen molar-refractivity contribution in [2.75, 3.05) is 11.9 Å². The van der Waals surface area contributed by atoms with Crippen LogP contribution in [0, 0.1) is 17.0 Å². The van der Waals surface area contributed by atoms with E-state index in [1.807, 2.05) is 0 Å². The number of thiazole rings is 1. The number of aryl methyl sites for hydroxylation is 1. The van der Waals surface area contributed by atoms with E-state index in [2.05, 4.69) is 9.97 Å². The van der Waals surface area contributed by atoms with E-state index < -0.39 is 4.92 Å². The zero-order chi connectivity index (χ0) is 14.9. The minimum Gasteiger partial charge on any atom is -0.349 e. The second-order valence-electron chi connectivity index (χ2n) is 4.13. The van der Waals surface area contributed by atoms with Gasteiger partial charge >= 0.3 is 5.69 Å². The average molecular weight is 333 g/mol. The van der Waals surface area contributed by atoms with E-state index >= 15 is 0 Å². The van der Waals surface area contributed by atoms with Crippen molar-refractivity contribution in [3.63, 3.8) is 0 Å². The third-order valence-corrected chi connectivity index (χ3v) is 3.89. The maximum Gasteiger partial charge on any atom is 0.314 e. The van der Waals surface area contributed by atoms with E-state index in [0.29, 0.717) is 16.6 Å². The Labute approximate surface area is 129 Å². The molecule has 0 spiro atoms. The summed E-state index contributed by atoms with van der Waals surface area (Å²) in [4.78, 5) is 21.3. The maximum atomic E-state index is 11.2. The predicted molar refractivity (Wildman–Crippen MR) is 79.9 cm³/mol. The first-order valence-electron chi connectivity index (χ1n) is 5.51. The number of halogens is 2. The second kappa shape index (κ2) is 5.90. The molecule has 6 nitrogen and oxygen atoms in total. The van der Waals surface area contributed by atoms with E-state index in [4.69, 9.17) is 23.2 Å². The molecule has 0 aromatic carbocycles. The molecule has 2 rings (SSSR count). The van der Waals surface area contributed by atoms with E-state index in [9.17, 15) is 10.1 Å². The largest absolute Gasteiger partial charge is 0.349 e. The first kappa shape index (κ1) is 15.0. The minimum atomic E-state index is -0.454. The Hall–Kier alpha value is -1.44. The van der Waals surface area contributed by atoms with E-state index in [-0.39, 0.29) is 16.7 Å². The number of rotatable bonds is 4. The van der Waals surface area contributed by atoms with Crippen molar-refractivity contribution in [2.45, 2.75) is 13.5 Å². The first-order valence-corrected chi connectivity index (χ1v) is 7.08. The van der Waals surface area contributed by atoms with Gasteiger partial charge in [0, 0.05) is 23.7 Å². The van der Waals surface area contributed by atoms with Crippen LogP contribution in [-0.4, -0.2) is 21.9 Å². The third-order valence-electron chi connectivity index (χ3n) is 2.60. The van der Waals surface area contributed by atoms with Crippen LogP contribution in [0.3, 0.4) is 0 Å². The third kappa shape index (κ3) is 3.17. The van der Waals surface area contributed by atoms with Crippen molar-refractivity contribution in [3.05, 3.63) is 42.4 Å². The van der Waals surface area contributed by atoms with Crippen LogP contribution in [-0.2, 0) is 6.54 Å². The second-order valence-corrected chi connectivity index (χ2v) is 6.21. The zero-order valence-corrected chi connectivity index (χ0v) is 13.0. The summed E-state index contributed by atoms with van der Waals surface area (Å²) in [6.07, 6.45) is 1.63. The summed E-state index contributed by atoms with van der Waals surface area (Å²) in [5.41, 5.74) is 0.423. The molecule has 0 aliphatic rings. The normalized spacial score (nSPS) is 10.6. The molecular weight excluding hydrogens is 323 g/mol. The van der Waals surface area contributed by atoms with Gasteiger partial charge in [-0.05, 0) is 13.0 Å². The zero-order valence-electron chi connectivity index (χ0n) is 10.6. The lowest BCUT2D eigenvalue weighted by Gasteiger charge is -2.17. The summed E-state index contributed by atoms with van der Waals surface area (Å²) in [6, 6.07) is 1.47. The lowest BCUT2D eigenvalue weighted by Crippen LogP contribution is -2.19. The predicted octanol–water partition coefficient (Wildman–Crippen LogP) is 3.70. The molecular formula is C11H10Cl2N4O2S. The quantitative estimate of drug-likeness (QED) is 0.485. The van der Waals surface area contributed by atoms with Gasteiger partial charge in [0.15, 0.2) is 4.47 Å². The molecule has 0 saturated carbocycles. The summed E-state index contributed by atoms with van der Waals surface area (Å²) >= 11 is 13.0. The molecule has 2 heterocycles. The molecule has 0 radical (unpaired) electrons. The standard InChI is InChI=1S/C11H10Cl2N4O2S/c1-6-3-8(12)15-10(9(6)17(18)19)16(2)5-7-4-14-11(13)20-7/h3-4H,5H2,1-2H3. The van der Waals surface area contributed by atoms with Gasteiger partial charge in [-0.2, -0.15) is 0 Å². The topological polar surface area (TPSA) is 72.2 Å². The molecule has 2 aromatic heterocycles. The molecule has 0 bridgehead atoms. The highest BCUT2D eigenvalue weighted by Gasteiger charge is 2.23. The van der Waals surface area contributed by atoms with Crippen molar-refractivity contribution in [1.82, 2.24) is 9.97 Å². The number of aromatic nitrogens is 2.